The normalized spacial score (nSPS) is 13.9. The van der Waals surface area contributed by atoms with Crippen LogP contribution in [0.4, 0.5) is 0 Å². The van der Waals surface area contributed by atoms with E-state index in [2.05, 4.69) is 13.2 Å². The van der Waals surface area contributed by atoms with Crippen molar-refractivity contribution in [1.29, 1.82) is 0 Å². The zero-order chi connectivity index (χ0) is 27.2. The summed E-state index contributed by atoms with van der Waals surface area (Å²) in [7, 11) is 0. The molecular formula is C30H40N4O3+2. The minimum absolute atomic E-state index is 0.341. The highest BCUT2D eigenvalue weighted by Crippen LogP contribution is 2.11. The SMILES string of the molecule is C=C[N+](=C(OCCOCCOC(c1ccccc1)=[N+](C=C)/C(C)=C(/C)N)c1ccccc1)/C(C)=C(/C)N. The van der Waals surface area contributed by atoms with Crippen LogP contribution in [-0.4, -0.2) is 47.4 Å². The molecule has 0 saturated heterocycles. The lowest BCUT2D eigenvalue weighted by Gasteiger charge is -2.11. The van der Waals surface area contributed by atoms with Crippen LogP contribution in [0.1, 0.15) is 38.8 Å². The summed E-state index contributed by atoms with van der Waals surface area (Å²) in [5.41, 5.74) is 16.9. The predicted molar refractivity (Wildman–Crippen MR) is 150 cm³/mol. The number of nitrogens with zero attached hydrogens (tertiary/aromatic N) is 2. The van der Waals surface area contributed by atoms with Crippen molar-refractivity contribution in [3.63, 3.8) is 0 Å². The van der Waals surface area contributed by atoms with E-state index in [4.69, 9.17) is 25.7 Å². The molecule has 7 heteroatoms. The van der Waals surface area contributed by atoms with Crippen LogP contribution in [0.15, 0.2) is 109 Å². The maximum atomic E-state index is 6.13. The van der Waals surface area contributed by atoms with Crippen LogP contribution in [0, 0.1) is 0 Å². The molecule has 0 radical (unpaired) electrons. The van der Waals surface area contributed by atoms with E-state index in [-0.39, 0.29) is 0 Å². The van der Waals surface area contributed by atoms with Crippen molar-refractivity contribution < 1.29 is 23.4 Å². The van der Waals surface area contributed by atoms with E-state index in [1.807, 2.05) is 97.5 Å². The Morgan fingerprint density at radius 2 is 1.00 bits per heavy atom. The summed E-state index contributed by atoms with van der Waals surface area (Å²) in [6, 6.07) is 19.7. The molecule has 0 saturated carbocycles. The highest BCUT2D eigenvalue weighted by Gasteiger charge is 2.22. The number of allylic oxidation sites excluding steroid dienone is 4. The first-order chi connectivity index (χ1) is 17.8. The minimum Gasteiger partial charge on any atom is -0.441 e. The number of rotatable bonds is 12. The highest BCUT2D eigenvalue weighted by atomic mass is 16.5. The Bertz CT molecular complexity index is 1080. The van der Waals surface area contributed by atoms with Crippen molar-refractivity contribution in [1.82, 2.24) is 0 Å². The summed E-state index contributed by atoms with van der Waals surface area (Å²) >= 11 is 0. The van der Waals surface area contributed by atoms with E-state index < -0.39 is 0 Å². The van der Waals surface area contributed by atoms with Gasteiger partial charge in [0, 0.05) is 13.8 Å². The lowest BCUT2D eigenvalue weighted by molar-refractivity contribution is -0.412. The van der Waals surface area contributed by atoms with Gasteiger partial charge in [0.05, 0.1) is 35.7 Å². The maximum Gasteiger partial charge on any atom is 0.381 e. The molecule has 196 valence electrons. The summed E-state index contributed by atoms with van der Waals surface area (Å²) in [4.78, 5) is 0. The van der Waals surface area contributed by atoms with Crippen molar-refractivity contribution in [3.8, 4) is 0 Å². The van der Waals surface area contributed by atoms with Crippen molar-refractivity contribution in [2.75, 3.05) is 26.4 Å². The molecule has 4 N–H and O–H groups in total. The Morgan fingerprint density at radius 1 is 0.649 bits per heavy atom. The van der Waals surface area contributed by atoms with Gasteiger partial charge in [0.15, 0.2) is 12.4 Å². The standard InChI is InChI=1S/C30H40N4O3/c1-7-33(25(5)23(3)31)29(27-15-11-9-12-16-27)36-21-19-35-20-22-37-30(28-17-13-10-14-18-28)34(8-2)26(6)24(4)32/h7-18H,1-2,19-22,31-32H2,3-6H3/q+2/b25-23-,26-24-,33-29?,34-30?. The van der Waals surface area contributed by atoms with Crippen molar-refractivity contribution in [2.45, 2.75) is 27.7 Å². The van der Waals surface area contributed by atoms with Gasteiger partial charge < -0.3 is 25.7 Å². The Labute approximate surface area is 221 Å². The lowest BCUT2D eigenvalue weighted by Crippen LogP contribution is -2.24. The third-order valence-electron chi connectivity index (χ3n) is 5.64. The number of hydrogen-bond acceptors (Lipinski definition) is 5. The smallest absolute Gasteiger partial charge is 0.381 e. The van der Waals surface area contributed by atoms with E-state index in [0.717, 1.165) is 22.5 Å². The Morgan fingerprint density at radius 3 is 1.30 bits per heavy atom. The largest absolute Gasteiger partial charge is 0.441 e. The molecule has 2 aromatic carbocycles. The van der Waals surface area contributed by atoms with Gasteiger partial charge in [-0.2, -0.15) is 0 Å². The van der Waals surface area contributed by atoms with E-state index in [9.17, 15) is 0 Å². The molecule has 2 rings (SSSR count). The number of hydrogen-bond donors (Lipinski definition) is 2. The number of ether oxygens (including phenoxy) is 3. The van der Waals surface area contributed by atoms with Gasteiger partial charge in [-0.15, -0.1) is 9.15 Å². The average molecular weight is 505 g/mol. The third kappa shape index (κ3) is 8.51. The summed E-state index contributed by atoms with van der Waals surface area (Å²) in [6.45, 7) is 16.8. The van der Waals surface area contributed by atoms with Gasteiger partial charge in [-0.25, -0.2) is 0 Å². The van der Waals surface area contributed by atoms with Gasteiger partial charge in [-0.05, 0) is 51.3 Å². The maximum absolute atomic E-state index is 6.13. The van der Waals surface area contributed by atoms with E-state index in [1.54, 1.807) is 12.4 Å². The predicted octanol–water partition coefficient (Wildman–Crippen LogP) is 4.66. The molecule has 0 aliphatic heterocycles. The molecule has 0 aliphatic carbocycles. The minimum atomic E-state index is 0.341. The van der Waals surface area contributed by atoms with E-state index in [1.165, 1.54) is 0 Å². The molecule has 0 heterocycles. The summed E-state index contributed by atoms with van der Waals surface area (Å²) in [5, 5.41) is 0. The van der Waals surface area contributed by atoms with Crippen molar-refractivity contribution in [3.05, 3.63) is 120 Å². The van der Waals surface area contributed by atoms with E-state index >= 15 is 0 Å². The summed E-state index contributed by atoms with van der Waals surface area (Å²) < 4.78 is 21.8. The first kappa shape index (κ1) is 29.1. The first-order valence-corrected chi connectivity index (χ1v) is 12.2. The van der Waals surface area contributed by atoms with Crippen molar-refractivity contribution in [2.24, 2.45) is 11.5 Å². The van der Waals surface area contributed by atoms with Gasteiger partial charge in [-0.1, -0.05) is 36.4 Å². The van der Waals surface area contributed by atoms with Gasteiger partial charge in [0.25, 0.3) is 0 Å². The fourth-order valence-electron chi connectivity index (χ4n) is 3.37. The molecule has 0 fully saturated rings. The van der Waals surface area contributed by atoms with Crippen LogP contribution in [0.5, 0.6) is 0 Å². The fourth-order valence-corrected chi connectivity index (χ4v) is 3.37. The molecule has 0 spiro atoms. The van der Waals surface area contributed by atoms with Gasteiger partial charge in [0.1, 0.15) is 13.2 Å². The van der Waals surface area contributed by atoms with Gasteiger partial charge in [0.2, 0.25) is 11.4 Å². The van der Waals surface area contributed by atoms with Crippen LogP contribution in [0.3, 0.4) is 0 Å². The molecule has 2 aromatic rings. The lowest BCUT2D eigenvalue weighted by atomic mass is 10.2. The summed E-state index contributed by atoms with van der Waals surface area (Å²) in [6.07, 6.45) is 3.38. The van der Waals surface area contributed by atoms with Crippen LogP contribution >= 0.6 is 0 Å². The topological polar surface area (TPSA) is 85.8 Å². The number of benzene rings is 2. The highest BCUT2D eigenvalue weighted by molar-refractivity contribution is 5.91. The second-order valence-corrected chi connectivity index (χ2v) is 8.29. The van der Waals surface area contributed by atoms with Gasteiger partial charge in [-0.3, -0.25) is 0 Å². The number of nitrogens with two attached hydrogens (primary N) is 2. The molecule has 37 heavy (non-hydrogen) atoms. The molecule has 0 amide bonds. The second kappa shape index (κ2) is 15.1. The molecule has 0 aliphatic rings. The molecule has 0 atom stereocenters. The Hall–Kier alpha value is -4.10. The molecule has 0 aromatic heterocycles. The van der Waals surface area contributed by atoms with Crippen LogP contribution in [0.25, 0.3) is 0 Å². The zero-order valence-corrected chi connectivity index (χ0v) is 22.4. The zero-order valence-electron chi connectivity index (χ0n) is 22.4. The average Bonchev–Trinajstić information content (AvgIpc) is 2.91. The van der Waals surface area contributed by atoms with E-state index in [0.29, 0.717) is 49.6 Å². The Kier molecular flexibility index (Phi) is 11.9. The molecule has 0 bridgehead atoms. The van der Waals surface area contributed by atoms with Crippen LogP contribution in [-0.2, 0) is 14.2 Å². The third-order valence-corrected chi connectivity index (χ3v) is 5.64. The first-order valence-electron chi connectivity index (χ1n) is 12.2. The molecule has 0 unspecified atom stereocenters. The molecule has 7 nitrogen and oxygen atoms in total. The van der Waals surface area contributed by atoms with Gasteiger partial charge >= 0.3 is 11.8 Å². The molecular weight excluding hydrogens is 464 g/mol. The summed E-state index contributed by atoms with van der Waals surface area (Å²) in [5.74, 6) is 1.27. The monoisotopic (exact) mass is 504 g/mol. The fraction of sp³-hybridized carbons (Fsp3) is 0.267. The van der Waals surface area contributed by atoms with Crippen LogP contribution in [0.2, 0.25) is 0 Å². The van der Waals surface area contributed by atoms with Crippen LogP contribution < -0.4 is 11.5 Å². The quantitative estimate of drug-likeness (QED) is 0.190. The van der Waals surface area contributed by atoms with Crippen molar-refractivity contribution >= 4 is 11.8 Å². The second-order valence-electron chi connectivity index (χ2n) is 8.29. The Balaban J connectivity index is 2.05.